The summed E-state index contributed by atoms with van der Waals surface area (Å²) in [6.45, 7) is 5.72. The van der Waals surface area contributed by atoms with Crippen LogP contribution in [0.25, 0.3) is 0 Å². The molecule has 0 aliphatic carbocycles. The Hall–Kier alpha value is -2.65. The lowest BCUT2D eigenvalue weighted by Gasteiger charge is -2.40. The van der Waals surface area contributed by atoms with Crippen molar-refractivity contribution in [3.05, 3.63) is 41.3 Å². The Kier molecular flexibility index (Phi) is 6.74. The highest BCUT2D eigenvalue weighted by atomic mass is 16.5. The normalized spacial score (nSPS) is 26.3. The van der Waals surface area contributed by atoms with Gasteiger partial charge in [0, 0.05) is 45.2 Å². The molecule has 4 heterocycles. The monoisotopic (exact) mass is 469 g/mol. The average molecular weight is 470 g/mol. The Morgan fingerprint density at radius 3 is 2.35 bits per heavy atom. The van der Waals surface area contributed by atoms with E-state index in [2.05, 4.69) is 41.3 Å². The molecule has 3 atom stereocenters. The van der Waals surface area contributed by atoms with E-state index in [0.717, 1.165) is 12.8 Å². The molecule has 184 valence electrons. The smallest absolute Gasteiger partial charge is 0.320 e. The molecular formula is C25H35N5O4. The summed E-state index contributed by atoms with van der Waals surface area (Å²) in [7, 11) is 0. The van der Waals surface area contributed by atoms with Crippen LogP contribution in [-0.4, -0.2) is 87.7 Å². The number of anilines is 1. The van der Waals surface area contributed by atoms with Gasteiger partial charge in [-0.1, -0.05) is 31.2 Å². The molecule has 2 N–H and O–H groups in total. The quantitative estimate of drug-likeness (QED) is 0.708. The maximum absolute atomic E-state index is 13.4. The fourth-order valence-electron chi connectivity index (χ4n) is 5.40. The van der Waals surface area contributed by atoms with E-state index in [1.807, 2.05) is 14.7 Å². The van der Waals surface area contributed by atoms with Gasteiger partial charge in [0.1, 0.15) is 0 Å². The van der Waals surface area contributed by atoms with Crippen LogP contribution in [0.5, 0.6) is 0 Å². The molecule has 0 bridgehead atoms. The van der Waals surface area contributed by atoms with Crippen LogP contribution >= 0.6 is 0 Å². The standard InChI is InChI=1S/C25H35N5O4/c1-2-17-3-5-18(6-4-17)19-13-20(23-26-24(27-34-23)29-12-9-22(32)16-29)15-30(14-19)25(33)28-10-7-21(31)8-11-28/h3-6,19-22,31-32H,2,7-16H2,1H3. The molecule has 3 aliphatic heterocycles. The summed E-state index contributed by atoms with van der Waals surface area (Å²) >= 11 is 0. The topological polar surface area (TPSA) is 106 Å². The fourth-order valence-corrected chi connectivity index (χ4v) is 5.40. The Bertz CT molecular complexity index is 972. The molecule has 9 heteroatoms. The molecule has 3 fully saturated rings. The number of nitrogens with zero attached hydrogens (tertiary/aromatic N) is 5. The summed E-state index contributed by atoms with van der Waals surface area (Å²) in [4.78, 5) is 23.8. The van der Waals surface area contributed by atoms with Crippen molar-refractivity contribution in [3.63, 3.8) is 0 Å². The Morgan fingerprint density at radius 1 is 0.971 bits per heavy atom. The van der Waals surface area contributed by atoms with Crippen LogP contribution < -0.4 is 4.90 Å². The zero-order valence-corrected chi connectivity index (χ0v) is 19.8. The molecule has 5 rings (SSSR count). The zero-order valence-electron chi connectivity index (χ0n) is 19.8. The highest BCUT2D eigenvalue weighted by Crippen LogP contribution is 2.36. The minimum absolute atomic E-state index is 0.0224. The van der Waals surface area contributed by atoms with Gasteiger partial charge in [-0.15, -0.1) is 0 Å². The second kappa shape index (κ2) is 9.92. The number of piperidine rings is 2. The van der Waals surface area contributed by atoms with Gasteiger partial charge in [-0.3, -0.25) is 0 Å². The van der Waals surface area contributed by atoms with Gasteiger partial charge < -0.3 is 29.4 Å². The van der Waals surface area contributed by atoms with Crippen molar-refractivity contribution in [1.82, 2.24) is 19.9 Å². The van der Waals surface area contributed by atoms with Gasteiger partial charge in [-0.05, 0) is 48.4 Å². The number of benzene rings is 1. The molecule has 0 radical (unpaired) electrons. The number of rotatable bonds is 4. The molecule has 34 heavy (non-hydrogen) atoms. The highest BCUT2D eigenvalue weighted by molar-refractivity contribution is 5.75. The molecule has 0 spiro atoms. The molecular weight excluding hydrogens is 434 g/mol. The fraction of sp³-hybridized carbons (Fsp3) is 0.640. The number of aliphatic hydroxyl groups is 2. The number of β-amino-alcohol motifs (C(OH)–C–C–N with tert-alkyl or cyclic N) is 1. The Labute approximate surface area is 200 Å². The third-order valence-electron chi connectivity index (χ3n) is 7.54. The van der Waals surface area contributed by atoms with E-state index in [1.54, 1.807) is 0 Å². The molecule has 3 aliphatic rings. The van der Waals surface area contributed by atoms with Crippen molar-refractivity contribution < 1.29 is 19.5 Å². The van der Waals surface area contributed by atoms with Gasteiger partial charge >= 0.3 is 6.03 Å². The van der Waals surface area contributed by atoms with Gasteiger partial charge in [-0.25, -0.2) is 4.79 Å². The van der Waals surface area contributed by atoms with Crippen molar-refractivity contribution in [2.24, 2.45) is 0 Å². The van der Waals surface area contributed by atoms with Crippen molar-refractivity contribution in [1.29, 1.82) is 0 Å². The van der Waals surface area contributed by atoms with Crippen LogP contribution in [0.3, 0.4) is 0 Å². The largest absolute Gasteiger partial charge is 0.393 e. The van der Waals surface area contributed by atoms with Crippen molar-refractivity contribution in [2.45, 2.75) is 63.1 Å². The molecule has 1 aromatic carbocycles. The minimum Gasteiger partial charge on any atom is -0.393 e. The van der Waals surface area contributed by atoms with Gasteiger partial charge in [0.15, 0.2) is 0 Å². The number of likely N-dealkylation sites (tertiary alicyclic amines) is 2. The molecule has 2 aromatic rings. The third kappa shape index (κ3) is 4.90. The zero-order chi connectivity index (χ0) is 23.7. The number of hydrogen-bond donors (Lipinski definition) is 2. The molecule has 1 aromatic heterocycles. The summed E-state index contributed by atoms with van der Waals surface area (Å²) in [6, 6.07) is 8.71. The second-order valence-electron chi connectivity index (χ2n) is 9.95. The lowest BCUT2D eigenvalue weighted by atomic mass is 9.84. The maximum Gasteiger partial charge on any atom is 0.320 e. The molecule has 2 amide bonds. The number of hydrogen-bond acceptors (Lipinski definition) is 7. The summed E-state index contributed by atoms with van der Waals surface area (Å²) < 4.78 is 5.69. The summed E-state index contributed by atoms with van der Waals surface area (Å²) in [5.74, 6) is 1.19. The number of aromatic nitrogens is 2. The first-order valence-electron chi connectivity index (χ1n) is 12.6. The van der Waals surface area contributed by atoms with Gasteiger partial charge in [0.25, 0.3) is 5.95 Å². The number of urea groups is 1. The lowest BCUT2D eigenvalue weighted by Crippen LogP contribution is -2.51. The number of carbonyl (C=O) groups excluding carboxylic acids is 1. The van der Waals surface area contributed by atoms with E-state index < -0.39 is 0 Å². The van der Waals surface area contributed by atoms with Crippen LogP contribution in [0.4, 0.5) is 10.7 Å². The second-order valence-corrected chi connectivity index (χ2v) is 9.95. The van der Waals surface area contributed by atoms with Gasteiger partial charge in [-0.2, -0.15) is 4.98 Å². The van der Waals surface area contributed by atoms with Crippen LogP contribution in [0.1, 0.15) is 61.5 Å². The molecule has 3 unspecified atom stereocenters. The van der Waals surface area contributed by atoms with Gasteiger partial charge in [0.2, 0.25) is 5.89 Å². The minimum atomic E-state index is -0.358. The van der Waals surface area contributed by atoms with Crippen molar-refractivity contribution >= 4 is 12.0 Å². The first-order valence-corrected chi connectivity index (χ1v) is 12.6. The van der Waals surface area contributed by atoms with E-state index in [0.29, 0.717) is 70.4 Å². The van der Waals surface area contributed by atoms with E-state index in [-0.39, 0.29) is 30.1 Å². The Balaban J connectivity index is 1.36. The molecule has 0 saturated carbocycles. The number of carbonyl (C=O) groups is 1. The van der Waals surface area contributed by atoms with Gasteiger partial charge in [0.05, 0.1) is 18.1 Å². The first-order chi connectivity index (χ1) is 16.5. The van der Waals surface area contributed by atoms with Crippen LogP contribution in [0.15, 0.2) is 28.8 Å². The van der Waals surface area contributed by atoms with Crippen molar-refractivity contribution in [2.75, 3.05) is 44.2 Å². The third-order valence-corrected chi connectivity index (χ3v) is 7.54. The van der Waals surface area contributed by atoms with E-state index >= 15 is 0 Å². The highest BCUT2D eigenvalue weighted by Gasteiger charge is 2.37. The number of amides is 2. The molecule has 9 nitrogen and oxygen atoms in total. The summed E-state index contributed by atoms with van der Waals surface area (Å²) in [5.41, 5.74) is 2.52. The van der Waals surface area contributed by atoms with Crippen molar-refractivity contribution in [3.8, 4) is 0 Å². The van der Waals surface area contributed by atoms with Crippen LogP contribution in [-0.2, 0) is 6.42 Å². The van der Waals surface area contributed by atoms with E-state index in [1.165, 1.54) is 11.1 Å². The first kappa shape index (κ1) is 23.1. The van der Waals surface area contributed by atoms with Crippen LogP contribution in [0, 0.1) is 0 Å². The summed E-state index contributed by atoms with van der Waals surface area (Å²) in [6.07, 6.45) is 3.11. The van der Waals surface area contributed by atoms with E-state index in [4.69, 9.17) is 4.52 Å². The number of aryl methyl sites for hydroxylation is 1. The predicted octanol–water partition coefficient (Wildman–Crippen LogP) is 2.35. The Morgan fingerprint density at radius 2 is 1.68 bits per heavy atom. The maximum atomic E-state index is 13.4. The summed E-state index contributed by atoms with van der Waals surface area (Å²) in [5, 5.41) is 23.9. The predicted molar refractivity (Wildman–Crippen MR) is 127 cm³/mol. The van der Waals surface area contributed by atoms with Crippen LogP contribution in [0.2, 0.25) is 0 Å². The SMILES string of the molecule is CCc1ccc(C2CC(c3nc(N4CCC(O)C4)no3)CN(C(=O)N3CCC(O)CC3)C2)cc1. The average Bonchev–Trinajstić information content (AvgIpc) is 3.53. The number of aliphatic hydroxyl groups excluding tert-OH is 2. The molecule has 3 saturated heterocycles. The lowest BCUT2D eigenvalue weighted by molar-refractivity contribution is 0.0744. The van der Waals surface area contributed by atoms with E-state index in [9.17, 15) is 15.0 Å².